The number of aliphatic hydroxyl groups excluding tert-OH is 1. The number of rotatable bonds is 9. The van der Waals surface area contributed by atoms with Crippen LogP contribution in [0.4, 0.5) is 0 Å². The summed E-state index contributed by atoms with van der Waals surface area (Å²) < 4.78 is 0. The Morgan fingerprint density at radius 1 is 1.29 bits per heavy atom. The zero-order valence-corrected chi connectivity index (χ0v) is 18.9. The van der Waals surface area contributed by atoms with Crippen molar-refractivity contribution in [1.82, 2.24) is 10.6 Å². The van der Waals surface area contributed by atoms with Gasteiger partial charge in [0.05, 0.1) is 5.60 Å². The minimum absolute atomic E-state index is 0.0429. The first-order valence-corrected chi connectivity index (χ1v) is 11.6. The highest BCUT2D eigenvalue weighted by Crippen LogP contribution is 2.44. The fourth-order valence-corrected chi connectivity index (χ4v) is 4.87. The molecule has 1 aliphatic heterocycles. The molecule has 1 aliphatic rings. The molecule has 0 aromatic heterocycles. The Hall–Kier alpha value is -1.92. The lowest BCUT2D eigenvalue weighted by molar-refractivity contribution is -0.123. The number of nitrogens with one attached hydrogen (secondary N) is 2. The Labute approximate surface area is 189 Å². The summed E-state index contributed by atoms with van der Waals surface area (Å²) in [5.41, 5.74) is 2.87. The van der Waals surface area contributed by atoms with Gasteiger partial charge in [0.2, 0.25) is 5.91 Å². The average Bonchev–Trinajstić information content (AvgIpc) is 2.81. The largest absolute Gasteiger partial charge is 0.387 e. The van der Waals surface area contributed by atoms with Crippen molar-refractivity contribution in [3.8, 4) is 11.1 Å². The highest BCUT2D eigenvalue weighted by Gasteiger charge is 2.40. The van der Waals surface area contributed by atoms with Crippen LogP contribution in [-0.2, 0) is 16.8 Å². The van der Waals surface area contributed by atoms with E-state index in [1.807, 2.05) is 30.3 Å². The van der Waals surface area contributed by atoms with E-state index in [9.17, 15) is 9.90 Å². The Bertz CT molecular complexity index is 883. The van der Waals surface area contributed by atoms with Gasteiger partial charge in [-0.15, -0.1) is 0 Å². The average molecular weight is 445 g/mol. The fraction of sp³-hybridized carbons (Fsp3) is 0.480. The third-order valence-electron chi connectivity index (χ3n) is 6.28. The highest BCUT2D eigenvalue weighted by molar-refractivity contribution is 6.33. The van der Waals surface area contributed by atoms with Gasteiger partial charge in [0.15, 0.2) is 0 Å². The number of carbonyl (C=O) groups is 1. The van der Waals surface area contributed by atoms with Gasteiger partial charge in [0.25, 0.3) is 0 Å². The number of benzene rings is 2. The molecule has 0 spiro atoms. The predicted molar refractivity (Wildman–Crippen MR) is 125 cm³/mol. The minimum atomic E-state index is -1.08. The molecule has 31 heavy (non-hydrogen) atoms. The Morgan fingerprint density at radius 2 is 2.10 bits per heavy atom. The number of hydrogen-bond donors (Lipinski definition) is 4. The zero-order valence-electron chi connectivity index (χ0n) is 18.2. The third-order valence-corrected chi connectivity index (χ3v) is 6.59. The number of aliphatic hydroxyl groups is 2. The van der Waals surface area contributed by atoms with Crippen LogP contribution in [-0.4, -0.2) is 42.4 Å². The van der Waals surface area contributed by atoms with E-state index in [0.29, 0.717) is 24.4 Å². The molecule has 2 atom stereocenters. The maximum absolute atomic E-state index is 12.2. The number of amides is 1. The van der Waals surface area contributed by atoms with Crippen LogP contribution in [0.3, 0.4) is 0 Å². The SMILES string of the molecule is CCc1cccc(-c2c(Cl)cccc2C(O)(CCCNC(=O)CO)[C@@H]2CCCNC2)c1. The quantitative estimate of drug-likeness (QED) is 0.445. The lowest BCUT2D eigenvalue weighted by Crippen LogP contribution is -2.45. The number of hydrogen-bond acceptors (Lipinski definition) is 4. The topological polar surface area (TPSA) is 81.6 Å². The van der Waals surface area contributed by atoms with E-state index >= 15 is 0 Å². The Morgan fingerprint density at radius 3 is 2.81 bits per heavy atom. The molecule has 0 bridgehead atoms. The lowest BCUT2D eigenvalue weighted by atomic mass is 9.72. The van der Waals surface area contributed by atoms with E-state index in [-0.39, 0.29) is 5.92 Å². The maximum atomic E-state index is 12.2. The standard InChI is InChI=1S/C25H33ClN2O3/c1-2-18-7-3-8-19(15-18)24-21(10-4-11-22(24)26)25(31,20-9-5-13-27-16-20)12-6-14-28-23(30)17-29/h3-4,7-8,10-11,15,20,27,29,31H,2,5-6,9,12-14,16-17H2,1H3,(H,28,30)/t20-,25?/m1/s1. The first-order chi connectivity index (χ1) is 15.0. The lowest BCUT2D eigenvalue weighted by Gasteiger charge is -2.40. The molecule has 1 unspecified atom stereocenters. The molecule has 1 amide bonds. The zero-order chi connectivity index (χ0) is 22.3. The van der Waals surface area contributed by atoms with E-state index in [2.05, 4.69) is 29.7 Å². The summed E-state index contributed by atoms with van der Waals surface area (Å²) in [4.78, 5) is 11.4. The smallest absolute Gasteiger partial charge is 0.245 e. The highest BCUT2D eigenvalue weighted by atomic mass is 35.5. The summed E-state index contributed by atoms with van der Waals surface area (Å²) in [5.74, 6) is -0.357. The monoisotopic (exact) mass is 444 g/mol. The Kier molecular flexibility index (Phi) is 8.50. The van der Waals surface area contributed by atoms with Gasteiger partial charge in [-0.05, 0) is 61.4 Å². The van der Waals surface area contributed by atoms with Crippen LogP contribution < -0.4 is 10.6 Å². The Balaban J connectivity index is 2.00. The van der Waals surface area contributed by atoms with Crippen molar-refractivity contribution in [3.63, 3.8) is 0 Å². The first kappa shape index (κ1) is 23.7. The molecule has 5 nitrogen and oxygen atoms in total. The van der Waals surface area contributed by atoms with Gasteiger partial charge < -0.3 is 20.8 Å². The van der Waals surface area contributed by atoms with E-state index in [1.165, 1.54) is 5.56 Å². The molecule has 0 saturated carbocycles. The summed E-state index contributed by atoms with van der Waals surface area (Å²) in [6.07, 6.45) is 3.95. The summed E-state index contributed by atoms with van der Waals surface area (Å²) in [7, 11) is 0. The maximum Gasteiger partial charge on any atom is 0.245 e. The van der Waals surface area contributed by atoms with Crippen LogP contribution in [0, 0.1) is 5.92 Å². The number of aryl methyl sites for hydroxylation is 1. The fourth-order valence-electron chi connectivity index (χ4n) is 4.58. The molecular formula is C25H33ClN2O3. The molecule has 1 saturated heterocycles. The van der Waals surface area contributed by atoms with Crippen molar-refractivity contribution in [2.45, 2.75) is 44.6 Å². The van der Waals surface area contributed by atoms with Gasteiger partial charge in [-0.25, -0.2) is 0 Å². The second-order valence-corrected chi connectivity index (χ2v) is 8.70. The van der Waals surface area contributed by atoms with Crippen LogP contribution >= 0.6 is 11.6 Å². The third kappa shape index (κ3) is 5.66. The molecule has 0 aliphatic carbocycles. The molecule has 2 aromatic rings. The normalized spacial score (nSPS) is 18.4. The van der Waals surface area contributed by atoms with Crippen LogP contribution in [0.5, 0.6) is 0 Å². The molecule has 4 N–H and O–H groups in total. The van der Waals surface area contributed by atoms with Crippen LogP contribution in [0.25, 0.3) is 11.1 Å². The summed E-state index contributed by atoms with van der Waals surface area (Å²) >= 11 is 6.71. The first-order valence-electron chi connectivity index (χ1n) is 11.2. The van der Waals surface area contributed by atoms with Crippen molar-refractivity contribution in [1.29, 1.82) is 0 Å². The second-order valence-electron chi connectivity index (χ2n) is 8.30. The minimum Gasteiger partial charge on any atom is -0.387 e. The van der Waals surface area contributed by atoms with E-state index in [4.69, 9.17) is 16.7 Å². The summed E-state index contributed by atoms with van der Waals surface area (Å²) in [6.45, 7) is 3.70. The molecule has 1 fully saturated rings. The van der Waals surface area contributed by atoms with Crippen molar-refractivity contribution in [2.75, 3.05) is 26.2 Å². The van der Waals surface area contributed by atoms with Crippen molar-refractivity contribution in [3.05, 3.63) is 58.6 Å². The van der Waals surface area contributed by atoms with Crippen LogP contribution in [0.15, 0.2) is 42.5 Å². The summed E-state index contributed by atoms with van der Waals surface area (Å²) in [5, 5.41) is 27.8. The van der Waals surface area contributed by atoms with E-state index < -0.39 is 18.1 Å². The van der Waals surface area contributed by atoms with Gasteiger partial charge in [-0.3, -0.25) is 4.79 Å². The predicted octanol–water partition coefficient (Wildman–Crippen LogP) is 3.65. The second kappa shape index (κ2) is 11.1. The molecule has 3 rings (SSSR count). The molecular weight excluding hydrogens is 412 g/mol. The van der Waals surface area contributed by atoms with E-state index in [1.54, 1.807) is 0 Å². The van der Waals surface area contributed by atoms with Crippen LogP contribution in [0.2, 0.25) is 5.02 Å². The van der Waals surface area contributed by atoms with Gasteiger partial charge >= 0.3 is 0 Å². The molecule has 2 aromatic carbocycles. The number of piperidine rings is 1. The van der Waals surface area contributed by atoms with Crippen molar-refractivity contribution < 1.29 is 15.0 Å². The number of halogens is 1. The van der Waals surface area contributed by atoms with Gasteiger partial charge in [-0.2, -0.15) is 0 Å². The van der Waals surface area contributed by atoms with Gasteiger partial charge in [-0.1, -0.05) is 54.9 Å². The molecule has 1 heterocycles. The summed E-state index contributed by atoms with van der Waals surface area (Å²) in [6, 6.07) is 14.1. The van der Waals surface area contributed by atoms with Crippen LogP contribution in [0.1, 0.15) is 43.7 Å². The molecule has 168 valence electrons. The van der Waals surface area contributed by atoms with E-state index in [0.717, 1.165) is 49.0 Å². The number of carbonyl (C=O) groups excluding carboxylic acids is 1. The van der Waals surface area contributed by atoms with Gasteiger partial charge in [0.1, 0.15) is 6.61 Å². The van der Waals surface area contributed by atoms with Gasteiger partial charge in [0, 0.05) is 29.6 Å². The molecule has 6 heteroatoms. The van der Waals surface area contributed by atoms with Crippen molar-refractivity contribution >= 4 is 17.5 Å². The molecule has 0 radical (unpaired) electrons. The van der Waals surface area contributed by atoms with Crippen molar-refractivity contribution in [2.24, 2.45) is 5.92 Å².